The third-order valence-electron chi connectivity index (χ3n) is 7.56. The highest BCUT2D eigenvalue weighted by Crippen LogP contribution is 2.44. The molecule has 2 fully saturated rings. The molecule has 0 aliphatic carbocycles. The largest absolute Gasteiger partial charge is 0.459 e. The molecule has 2 aliphatic heterocycles. The first-order valence-electron chi connectivity index (χ1n) is 13.3. The first-order valence-corrected chi connectivity index (χ1v) is 14.9. The molecule has 0 unspecified atom stereocenters. The van der Waals surface area contributed by atoms with Crippen molar-refractivity contribution in [2.24, 2.45) is 11.8 Å². The first kappa shape index (κ1) is 26.4. The van der Waals surface area contributed by atoms with Crippen LogP contribution in [-0.4, -0.2) is 23.2 Å². The van der Waals surface area contributed by atoms with E-state index in [0.29, 0.717) is 16.9 Å². The van der Waals surface area contributed by atoms with Crippen molar-refractivity contribution in [2.45, 2.75) is 32.4 Å². The highest BCUT2D eigenvalue weighted by molar-refractivity contribution is 9.10. The third kappa shape index (κ3) is 5.32. The molecule has 0 amide bonds. The van der Waals surface area contributed by atoms with Crippen molar-refractivity contribution in [2.75, 3.05) is 22.9 Å². The van der Waals surface area contributed by atoms with Crippen LogP contribution in [0.3, 0.4) is 0 Å². The monoisotopic (exact) mass is 620 g/mol. The van der Waals surface area contributed by atoms with Gasteiger partial charge in [-0.05, 0) is 85.1 Å². The van der Waals surface area contributed by atoms with Gasteiger partial charge in [-0.25, -0.2) is 0 Å². The standard InChI is InChI=1S/C31H30BrClN4OS/c1-19-15-20(2)18-36(17-19)26-11-10-23(16-24(26)33)37-30(29(35-31(37)39)25-5-3-4-14-34-25)28-13-12-27(38-28)21-6-8-22(32)9-7-21/h3-14,16,19-20,29-30H,15,17-18H2,1-2H3,(H,35,39)/t19-,20+,29-,30+/m1/s1. The van der Waals surface area contributed by atoms with Gasteiger partial charge < -0.3 is 19.5 Å². The number of anilines is 2. The number of pyridine rings is 1. The summed E-state index contributed by atoms with van der Waals surface area (Å²) in [6, 6.07) is 23.9. The molecule has 0 saturated carbocycles. The molecule has 1 N–H and O–H groups in total. The average molecular weight is 622 g/mol. The van der Waals surface area contributed by atoms with Gasteiger partial charge in [0.2, 0.25) is 0 Å². The Morgan fingerprint density at radius 1 is 1.00 bits per heavy atom. The number of halogens is 2. The smallest absolute Gasteiger partial charge is 0.174 e. The van der Waals surface area contributed by atoms with Gasteiger partial charge in [0.05, 0.1) is 22.4 Å². The average Bonchev–Trinajstić information content (AvgIpc) is 3.53. The molecule has 4 aromatic rings. The molecule has 0 bridgehead atoms. The highest BCUT2D eigenvalue weighted by Gasteiger charge is 2.43. The van der Waals surface area contributed by atoms with Gasteiger partial charge in [0, 0.05) is 35.0 Å². The van der Waals surface area contributed by atoms with Gasteiger partial charge in [-0.3, -0.25) is 4.98 Å². The Balaban J connectivity index is 1.38. The Hall–Kier alpha value is -2.87. The van der Waals surface area contributed by atoms with Crippen molar-refractivity contribution in [1.29, 1.82) is 0 Å². The van der Waals surface area contributed by atoms with Crippen molar-refractivity contribution in [3.05, 3.63) is 99.9 Å². The SMILES string of the molecule is C[C@@H]1C[C@H](C)CN(c2ccc(N3C(=S)N[C@H](c4ccccn4)[C@@H]3c3ccc(-c4ccc(Br)cc4)o3)cc2Cl)C1. The van der Waals surface area contributed by atoms with Gasteiger partial charge in [-0.1, -0.05) is 59.6 Å². The molecule has 2 aliphatic rings. The zero-order valence-corrected chi connectivity index (χ0v) is 25.0. The van der Waals surface area contributed by atoms with Crippen LogP contribution in [0.4, 0.5) is 11.4 Å². The maximum Gasteiger partial charge on any atom is 0.174 e. The summed E-state index contributed by atoms with van der Waals surface area (Å²) < 4.78 is 7.52. The second-order valence-corrected chi connectivity index (χ2v) is 12.4. The fourth-order valence-electron chi connectivity index (χ4n) is 5.96. The van der Waals surface area contributed by atoms with E-state index in [0.717, 1.165) is 56.7 Å². The maximum atomic E-state index is 6.96. The predicted octanol–water partition coefficient (Wildman–Crippen LogP) is 8.42. The van der Waals surface area contributed by atoms with E-state index >= 15 is 0 Å². The van der Waals surface area contributed by atoms with Crippen molar-refractivity contribution in [3.8, 4) is 11.3 Å². The van der Waals surface area contributed by atoms with Crippen LogP contribution >= 0.6 is 39.7 Å². The van der Waals surface area contributed by atoms with Crippen molar-refractivity contribution >= 4 is 56.2 Å². The third-order valence-corrected chi connectivity index (χ3v) is 8.71. The highest BCUT2D eigenvalue weighted by atomic mass is 79.9. The van der Waals surface area contributed by atoms with E-state index in [9.17, 15) is 0 Å². The number of thiocarbonyl (C=S) groups is 1. The van der Waals surface area contributed by atoms with Crippen LogP contribution in [-0.2, 0) is 0 Å². The van der Waals surface area contributed by atoms with Gasteiger partial charge in [0.1, 0.15) is 17.6 Å². The Morgan fingerprint density at radius 2 is 1.77 bits per heavy atom. The number of aromatic nitrogens is 1. The van der Waals surface area contributed by atoms with E-state index in [1.807, 2.05) is 60.7 Å². The van der Waals surface area contributed by atoms with Gasteiger partial charge in [0.15, 0.2) is 5.11 Å². The van der Waals surface area contributed by atoms with E-state index < -0.39 is 0 Å². The van der Waals surface area contributed by atoms with Crippen molar-refractivity contribution < 1.29 is 4.42 Å². The minimum Gasteiger partial charge on any atom is -0.459 e. The summed E-state index contributed by atoms with van der Waals surface area (Å²) in [7, 11) is 0. The summed E-state index contributed by atoms with van der Waals surface area (Å²) in [6.07, 6.45) is 3.06. The molecule has 200 valence electrons. The van der Waals surface area contributed by atoms with Gasteiger partial charge in [-0.2, -0.15) is 0 Å². The molecule has 0 spiro atoms. The van der Waals surface area contributed by atoms with Gasteiger partial charge in [0.25, 0.3) is 0 Å². The molecule has 2 aromatic heterocycles. The molecule has 2 saturated heterocycles. The molecular weight excluding hydrogens is 592 g/mol. The Morgan fingerprint density at radius 3 is 2.46 bits per heavy atom. The lowest BCUT2D eigenvalue weighted by Gasteiger charge is -2.37. The summed E-state index contributed by atoms with van der Waals surface area (Å²) >= 11 is 16.4. The summed E-state index contributed by atoms with van der Waals surface area (Å²) in [6.45, 7) is 6.66. The lowest BCUT2D eigenvalue weighted by atomic mass is 9.91. The Labute approximate surface area is 248 Å². The minimum atomic E-state index is -0.242. The number of piperidine rings is 1. The lowest BCUT2D eigenvalue weighted by molar-refractivity contribution is 0.357. The van der Waals surface area contributed by atoms with Crippen LogP contribution in [0.1, 0.15) is 43.8 Å². The second kappa shape index (κ2) is 11.0. The fourth-order valence-corrected chi connectivity index (χ4v) is 6.87. The van der Waals surface area contributed by atoms with Gasteiger partial charge in [-0.15, -0.1) is 0 Å². The molecule has 0 radical (unpaired) electrons. The zero-order valence-electron chi connectivity index (χ0n) is 21.9. The molecule has 5 nitrogen and oxygen atoms in total. The number of hydrogen-bond acceptors (Lipinski definition) is 4. The van der Waals surface area contributed by atoms with Gasteiger partial charge >= 0.3 is 0 Å². The minimum absolute atomic E-state index is 0.190. The number of nitrogens with zero attached hydrogens (tertiary/aromatic N) is 3. The van der Waals surface area contributed by atoms with Crippen LogP contribution in [0.15, 0.2) is 87.9 Å². The molecule has 39 heavy (non-hydrogen) atoms. The van der Waals surface area contributed by atoms with E-state index in [-0.39, 0.29) is 12.1 Å². The summed E-state index contributed by atoms with van der Waals surface area (Å²) in [5, 5.41) is 4.85. The summed E-state index contributed by atoms with van der Waals surface area (Å²) in [5.41, 5.74) is 3.90. The summed E-state index contributed by atoms with van der Waals surface area (Å²) in [4.78, 5) is 9.17. The second-order valence-electron chi connectivity index (χ2n) is 10.7. The van der Waals surface area contributed by atoms with Crippen molar-refractivity contribution in [1.82, 2.24) is 10.3 Å². The molecular formula is C31H30BrClN4OS. The van der Waals surface area contributed by atoms with E-state index in [4.69, 9.17) is 28.2 Å². The first-order chi connectivity index (χ1) is 18.9. The molecule has 4 atom stereocenters. The lowest BCUT2D eigenvalue weighted by Crippen LogP contribution is -2.38. The summed E-state index contributed by atoms with van der Waals surface area (Å²) in [5.74, 6) is 2.89. The van der Waals surface area contributed by atoms with Crippen LogP contribution in [0.2, 0.25) is 5.02 Å². The molecule has 4 heterocycles. The van der Waals surface area contributed by atoms with E-state index in [1.54, 1.807) is 6.20 Å². The Bertz CT molecular complexity index is 1470. The number of nitrogens with one attached hydrogen (secondary N) is 1. The molecule has 6 rings (SSSR count). The van der Waals surface area contributed by atoms with E-state index in [1.165, 1.54) is 6.42 Å². The van der Waals surface area contributed by atoms with Crippen LogP contribution < -0.4 is 15.1 Å². The number of benzene rings is 2. The molecule has 8 heteroatoms. The van der Waals surface area contributed by atoms with Crippen LogP contribution in [0, 0.1) is 11.8 Å². The normalized spacial score (nSPS) is 23.2. The number of furan rings is 1. The Kier molecular flexibility index (Phi) is 7.40. The zero-order chi connectivity index (χ0) is 27.1. The quantitative estimate of drug-likeness (QED) is 0.226. The fraction of sp³-hybridized carbons (Fsp3) is 0.290. The van der Waals surface area contributed by atoms with E-state index in [2.05, 4.69) is 62.0 Å². The number of hydrogen-bond donors (Lipinski definition) is 1. The predicted molar refractivity (Wildman–Crippen MR) is 166 cm³/mol. The van der Waals surface area contributed by atoms with Crippen molar-refractivity contribution in [3.63, 3.8) is 0 Å². The van der Waals surface area contributed by atoms with Crippen LogP contribution in [0.25, 0.3) is 11.3 Å². The molecule has 2 aromatic carbocycles. The number of rotatable bonds is 5. The van der Waals surface area contributed by atoms with Crippen LogP contribution in [0.5, 0.6) is 0 Å². The maximum absolute atomic E-state index is 6.96. The topological polar surface area (TPSA) is 44.5 Å².